The summed E-state index contributed by atoms with van der Waals surface area (Å²) < 4.78 is 0. The van der Waals surface area contributed by atoms with Gasteiger partial charge in [-0.3, -0.25) is 4.98 Å². The lowest BCUT2D eigenvalue weighted by molar-refractivity contribution is 0.190. The van der Waals surface area contributed by atoms with Gasteiger partial charge in [0.05, 0.1) is 5.69 Å². The molecule has 4 rings (SSSR count). The number of anilines is 1. The first-order chi connectivity index (χ1) is 11.7. The molecule has 0 bridgehead atoms. The van der Waals surface area contributed by atoms with Gasteiger partial charge >= 0.3 is 6.03 Å². The maximum Gasteiger partial charge on any atom is 0.317 e. The van der Waals surface area contributed by atoms with E-state index in [9.17, 15) is 4.79 Å². The highest BCUT2D eigenvalue weighted by Gasteiger charge is 2.54. The summed E-state index contributed by atoms with van der Waals surface area (Å²) in [6, 6.07) is 0.485. The van der Waals surface area contributed by atoms with Crippen molar-refractivity contribution in [3.63, 3.8) is 0 Å². The van der Waals surface area contributed by atoms with Crippen LogP contribution in [0.15, 0.2) is 12.4 Å². The number of carbonyl (C=O) groups is 1. The van der Waals surface area contributed by atoms with Crippen LogP contribution in [-0.4, -0.2) is 66.2 Å². The smallest absolute Gasteiger partial charge is 0.317 e. The Bertz CT molecular complexity index is 607. The molecule has 1 atom stereocenters. The Balaban J connectivity index is 1.28. The Kier molecular flexibility index (Phi) is 4.04. The topological polar surface area (TPSA) is 73.4 Å². The van der Waals surface area contributed by atoms with E-state index in [-0.39, 0.29) is 6.03 Å². The van der Waals surface area contributed by atoms with Crippen LogP contribution in [0, 0.1) is 12.3 Å². The molecule has 2 saturated heterocycles. The number of aromatic nitrogens is 2. The number of hydrogen-bond donors (Lipinski definition) is 2. The second-order valence-electron chi connectivity index (χ2n) is 7.26. The molecule has 2 aliphatic heterocycles. The minimum atomic E-state index is 0.103. The molecular formula is C17H26N6O. The zero-order valence-corrected chi connectivity index (χ0v) is 14.3. The van der Waals surface area contributed by atoms with E-state index in [0.717, 1.165) is 57.2 Å². The van der Waals surface area contributed by atoms with Crippen LogP contribution in [0.25, 0.3) is 0 Å². The fraction of sp³-hybridized carbons (Fsp3) is 0.706. The molecule has 2 amide bonds. The van der Waals surface area contributed by atoms with Gasteiger partial charge in [0.1, 0.15) is 5.82 Å². The molecule has 2 N–H and O–H groups in total. The summed E-state index contributed by atoms with van der Waals surface area (Å²) in [6.45, 7) is 7.25. The highest BCUT2D eigenvalue weighted by molar-refractivity contribution is 5.75. The molecule has 1 unspecified atom stereocenters. The number of urea groups is 1. The lowest BCUT2D eigenvalue weighted by Crippen LogP contribution is -2.53. The van der Waals surface area contributed by atoms with Crippen molar-refractivity contribution in [1.82, 2.24) is 25.5 Å². The largest absolute Gasteiger partial charge is 0.352 e. The summed E-state index contributed by atoms with van der Waals surface area (Å²) >= 11 is 0. The number of nitrogens with zero attached hydrogens (tertiary/aromatic N) is 4. The molecule has 7 nitrogen and oxygen atoms in total. The summed E-state index contributed by atoms with van der Waals surface area (Å²) in [4.78, 5) is 25.4. The van der Waals surface area contributed by atoms with Gasteiger partial charge in [-0.25, -0.2) is 9.78 Å². The Morgan fingerprint density at radius 2 is 1.92 bits per heavy atom. The fourth-order valence-corrected chi connectivity index (χ4v) is 4.10. The van der Waals surface area contributed by atoms with Crippen LogP contribution in [0.3, 0.4) is 0 Å². The molecule has 1 aliphatic carbocycles. The lowest BCUT2D eigenvalue weighted by atomic mass is 9.94. The molecule has 24 heavy (non-hydrogen) atoms. The van der Waals surface area contributed by atoms with Crippen LogP contribution in [0.2, 0.25) is 0 Å². The zero-order valence-electron chi connectivity index (χ0n) is 14.3. The minimum Gasteiger partial charge on any atom is -0.352 e. The lowest BCUT2D eigenvalue weighted by Gasteiger charge is -2.36. The number of nitrogens with one attached hydrogen (secondary N) is 2. The molecule has 3 heterocycles. The third-order valence-corrected chi connectivity index (χ3v) is 5.81. The second-order valence-corrected chi connectivity index (χ2v) is 7.26. The summed E-state index contributed by atoms with van der Waals surface area (Å²) in [7, 11) is 0. The van der Waals surface area contributed by atoms with Gasteiger partial charge in [0.2, 0.25) is 0 Å². The molecule has 7 heteroatoms. The first-order valence-electron chi connectivity index (χ1n) is 8.97. The van der Waals surface area contributed by atoms with Crippen molar-refractivity contribution in [2.75, 3.05) is 44.2 Å². The summed E-state index contributed by atoms with van der Waals surface area (Å²) in [6.07, 6.45) is 6.98. The van der Waals surface area contributed by atoms with Crippen LogP contribution < -0.4 is 15.5 Å². The Morgan fingerprint density at radius 3 is 2.62 bits per heavy atom. The van der Waals surface area contributed by atoms with Crippen molar-refractivity contribution in [1.29, 1.82) is 0 Å². The molecule has 1 aromatic heterocycles. The van der Waals surface area contributed by atoms with E-state index in [1.807, 2.05) is 11.8 Å². The molecular weight excluding hydrogens is 304 g/mol. The normalized spacial score (nSPS) is 25.6. The van der Waals surface area contributed by atoms with Gasteiger partial charge < -0.3 is 20.4 Å². The minimum absolute atomic E-state index is 0.103. The number of piperidine rings is 1. The second kappa shape index (κ2) is 6.20. The van der Waals surface area contributed by atoms with Crippen molar-refractivity contribution in [3.8, 4) is 0 Å². The van der Waals surface area contributed by atoms with Gasteiger partial charge in [-0.15, -0.1) is 0 Å². The van der Waals surface area contributed by atoms with Gasteiger partial charge in [-0.1, -0.05) is 0 Å². The predicted octanol–water partition coefficient (Wildman–Crippen LogP) is 0.759. The summed E-state index contributed by atoms with van der Waals surface area (Å²) in [5.74, 6) is 0.938. The summed E-state index contributed by atoms with van der Waals surface area (Å²) in [5.41, 5.74) is 1.33. The van der Waals surface area contributed by atoms with E-state index in [1.54, 1.807) is 12.4 Å². The number of carbonyl (C=O) groups excluding carboxylic acids is 1. The Hall–Kier alpha value is -1.89. The van der Waals surface area contributed by atoms with Gasteiger partial charge in [-0.05, 0) is 44.7 Å². The van der Waals surface area contributed by atoms with Crippen molar-refractivity contribution in [2.45, 2.75) is 32.2 Å². The van der Waals surface area contributed by atoms with E-state index in [0.29, 0.717) is 11.5 Å². The fourth-order valence-electron chi connectivity index (χ4n) is 4.10. The maximum atomic E-state index is 12.5. The standard InChI is InChI=1S/C17H26N6O/c1-13-15(20-7-6-19-13)22-8-10-23(11-9-22)16(24)21-14-12-17(14)2-4-18-5-3-17/h6-7,14,18H,2-5,8-12H2,1H3,(H,21,24). The molecule has 1 aromatic rings. The average Bonchev–Trinajstić information content (AvgIpc) is 3.26. The van der Waals surface area contributed by atoms with E-state index < -0.39 is 0 Å². The third-order valence-electron chi connectivity index (χ3n) is 5.81. The van der Waals surface area contributed by atoms with Crippen LogP contribution >= 0.6 is 0 Å². The van der Waals surface area contributed by atoms with Crippen LogP contribution in [0.5, 0.6) is 0 Å². The van der Waals surface area contributed by atoms with E-state index in [1.165, 1.54) is 12.8 Å². The van der Waals surface area contributed by atoms with Crippen molar-refractivity contribution >= 4 is 11.8 Å². The SMILES string of the molecule is Cc1nccnc1N1CCN(C(=O)NC2CC23CCNCC3)CC1. The monoisotopic (exact) mass is 330 g/mol. The molecule has 1 saturated carbocycles. The van der Waals surface area contributed by atoms with Crippen molar-refractivity contribution < 1.29 is 4.79 Å². The van der Waals surface area contributed by atoms with Gasteiger partial charge in [0.25, 0.3) is 0 Å². The quantitative estimate of drug-likeness (QED) is 0.837. The zero-order chi connectivity index (χ0) is 16.6. The van der Waals surface area contributed by atoms with Crippen LogP contribution in [0.4, 0.5) is 10.6 Å². The highest BCUT2D eigenvalue weighted by Crippen LogP contribution is 2.52. The number of rotatable bonds is 2. The molecule has 3 aliphatic rings. The molecule has 0 aromatic carbocycles. The van der Waals surface area contributed by atoms with Crippen molar-refractivity contribution in [2.24, 2.45) is 5.41 Å². The first-order valence-corrected chi connectivity index (χ1v) is 8.97. The number of aryl methyl sites for hydroxylation is 1. The number of amides is 2. The molecule has 3 fully saturated rings. The van der Waals surface area contributed by atoms with Gasteiger partial charge in [-0.2, -0.15) is 0 Å². The summed E-state index contributed by atoms with van der Waals surface area (Å²) in [5, 5.41) is 6.67. The number of hydrogen-bond acceptors (Lipinski definition) is 5. The molecule has 0 radical (unpaired) electrons. The molecule has 1 spiro atoms. The third kappa shape index (κ3) is 2.92. The predicted molar refractivity (Wildman–Crippen MR) is 92.0 cm³/mol. The van der Waals surface area contributed by atoms with E-state index >= 15 is 0 Å². The Morgan fingerprint density at radius 1 is 1.21 bits per heavy atom. The maximum absolute atomic E-state index is 12.5. The van der Waals surface area contributed by atoms with Gasteiger partial charge in [0.15, 0.2) is 0 Å². The Labute approximate surface area is 142 Å². The van der Waals surface area contributed by atoms with E-state index in [4.69, 9.17) is 0 Å². The highest BCUT2D eigenvalue weighted by atomic mass is 16.2. The van der Waals surface area contributed by atoms with E-state index in [2.05, 4.69) is 25.5 Å². The van der Waals surface area contributed by atoms with Crippen molar-refractivity contribution in [3.05, 3.63) is 18.1 Å². The van der Waals surface area contributed by atoms with Crippen LogP contribution in [0.1, 0.15) is 25.0 Å². The average molecular weight is 330 g/mol. The van der Waals surface area contributed by atoms with Crippen LogP contribution in [-0.2, 0) is 0 Å². The number of piperazine rings is 1. The van der Waals surface area contributed by atoms with Gasteiger partial charge in [0, 0.05) is 44.6 Å². The molecule has 130 valence electrons. The first kappa shape index (κ1) is 15.6.